The maximum absolute atomic E-state index is 11.6. The van der Waals surface area contributed by atoms with Gasteiger partial charge in [-0.3, -0.25) is 9.59 Å². The van der Waals surface area contributed by atoms with Crippen molar-refractivity contribution in [3.63, 3.8) is 0 Å². The van der Waals surface area contributed by atoms with Gasteiger partial charge in [-0.1, -0.05) is 0 Å². The number of carbonyl (C=O) groups is 2. The third-order valence-corrected chi connectivity index (χ3v) is 1.95. The van der Waals surface area contributed by atoms with E-state index < -0.39 is 5.97 Å². The summed E-state index contributed by atoms with van der Waals surface area (Å²) in [5.74, 6) is 1.86. The fourth-order valence-corrected chi connectivity index (χ4v) is 1.09. The summed E-state index contributed by atoms with van der Waals surface area (Å²) >= 11 is 0. The third-order valence-electron chi connectivity index (χ3n) is 1.95. The molecule has 0 saturated carbocycles. The lowest BCUT2D eigenvalue weighted by atomic mass is 10.2. The molecule has 0 aliphatic carbocycles. The monoisotopic (exact) mass is 211 g/mol. The SMILES string of the molecule is C#CCCC(=O)N(CC(=O)OC)C(C)C. The minimum Gasteiger partial charge on any atom is -0.468 e. The lowest BCUT2D eigenvalue weighted by Gasteiger charge is -2.25. The summed E-state index contributed by atoms with van der Waals surface area (Å²) < 4.78 is 4.51. The van der Waals surface area contributed by atoms with Crippen molar-refractivity contribution >= 4 is 11.9 Å². The maximum atomic E-state index is 11.6. The minimum atomic E-state index is -0.419. The van der Waals surface area contributed by atoms with Gasteiger partial charge in [0.15, 0.2) is 0 Å². The van der Waals surface area contributed by atoms with E-state index in [0.29, 0.717) is 6.42 Å². The highest BCUT2D eigenvalue weighted by molar-refractivity contribution is 5.82. The smallest absolute Gasteiger partial charge is 0.325 e. The summed E-state index contributed by atoms with van der Waals surface area (Å²) in [5, 5.41) is 0. The second kappa shape index (κ2) is 6.88. The molecule has 15 heavy (non-hydrogen) atoms. The lowest BCUT2D eigenvalue weighted by molar-refractivity contribution is -0.148. The molecule has 0 rings (SSSR count). The molecule has 0 aromatic rings. The van der Waals surface area contributed by atoms with Gasteiger partial charge in [0.2, 0.25) is 5.91 Å². The predicted molar refractivity (Wildman–Crippen MR) is 56.9 cm³/mol. The van der Waals surface area contributed by atoms with E-state index in [1.54, 1.807) is 0 Å². The van der Waals surface area contributed by atoms with Gasteiger partial charge in [0.1, 0.15) is 6.54 Å². The Labute approximate surface area is 90.6 Å². The number of methoxy groups -OCH3 is 1. The summed E-state index contributed by atoms with van der Waals surface area (Å²) in [7, 11) is 1.30. The zero-order valence-corrected chi connectivity index (χ0v) is 9.45. The van der Waals surface area contributed by atoms with Gasteiger partial charge < -0.3 is 9.64 Å². The number of terminal acetylenes is 1. The van der Waals surface area contributed by atoms with Crippen LogP contribution in [0.4, 0.5) is 0 Å². The van der Waals surface area contributed by atoms with Crippen LogP contribution in [-0.2, 0) is 14.3 Å². The van der Waals surface area contributed by atoms with E-state index in [-0.39, 0.29) is 24.9 Å². The maximum Gasteiger partial charge on any atom is 0.325 e. The normalized spacial score (nSPS) is 9.53. The molecule has 0 atom stereocenters. The molecule has 0 fully saturated rings. The molecule has 0 aliphatic rings. The Bertz CT molecular complexity index is 265. The zero-order valence-electron chi connectivity index (χ0n) is 9.45. The molecular formula is C11H17NO3. The molecule has 84 valence electrons. The van der Waals surface area contributed by atoms with Gasteiger partial charge in [0, 0.05) is 18.9 Å². The van der Waals surface area contributed by atoms with Crippen LogP contribution in [0, 0.1) is 12.3 Å². The number of hydrogen-bond acceptors (Lipinski definition) is 3. The quantitative estimate of drug-likeness (QED) is 0.499. The Morgan fingerprint density at radius 2 is 2.07 bits per heavy atom. The fourth-order valence-electron chi connectivity index (χ4n) is 1.09. The highest BCUT2D eigenvalue weighted by Crippen LogP contribution is 2.03. The molecule has 0 saturated heterocycles. The number of hydrogen-bond donors (Lipinski definition) is 0. The van der Waals surface area contributed by atoms with Gasteiger partial charge in [0.05, 0.1) is 7.11 Å². The summed E-state index contributed by atoms with van der Waals surface area (Å²) in [5.41, 5.74) is 0. The van der Waals surface area contributed by atoms with E-state index in [4.69, 9.17) is 6.42 Å². The highest BCUT2D eigenvalue weighted by atomic mass is 16.5. The first-order valence-corrected chi connectivity index (χ1v) is 4.82. The van der Waals surface area contributed by atoms with Crippen LogP contribution in [0.25, 0.3) is 0 Å². The molecule has 0 unspecified atom stereocenters. The van der Waals surface area contributed by atoms with Gasteiger partial charge in [-0.15, -0.1) is 12.3 Å². The molecule has 0 heterocycles. The zero-order chi connectivity index (χ0) is 11.8. The second-order valence-corrected chi connectivity index (χ2v) is 3.40. The van der Waals surface area contributed by atoms with Crippen LogP contribution in [0.1, 0.15) is 26.7 Å². The number of esters is 1. The van der Waals surface area contributed by atoms with Crippen LogP contribution in [0.3, 0.4) is 0 Å². The van der Waals surface area contributed by atoms with Crippen molar-refractivity contribution in [2.75, 3.05) is 13.7 Å². The first-order valence-electron chi connectivity index (χ1n) is 4.82. The van der Waals surface area contributed by atoms with Gasteiger partial charge in [-0.25, -0.2) is 0 Å². The summed E-state index contributed by atoms with van der Waals surface area (Å²) in [6.45, 7) is 3.67. The number of amides is 1. The highest BCUT2D eigenvalue weighted by Gasteiger charge is 2.19. The van der Waals surface area contributed by atoms with Crippen molar-refractivity contribution in [2.24, 2.45) is 0 Å². The van der Waals surface area contributed by atoms with Crippen molar-refractivity contribution in [1.29, 1.82) is 0 Å². The average molecular weight is 211 g/mol. The van der Waals surface area contributed by atoms with Crippen molar-refractivity contribution in [3.05, 3.63) is 0 Å². The topological polar surface area (TPSA) is 46.6 Å². The van der Waals surface area contributed by atoms with Crippen molar-refractivity contribution < 1.29 is 14.3 Å². The van der Waals surface area contributed by atoms with Crippen molar-refractivity contribution in [1.82, 2.24) is 4.90 Å². The molecule has 0 aromatic heterocycles. The van der Waals surface area contributed by atoms with Gasteiger partial charge in [-0.2, -0.15) is 0 Å². The Morgan fingerprint density at radius 3 is 2.47 bits per heavy atom. The first kappa shape index (κ1) is 13.5. The van der Waals surface area contributed by atoms with E-state index in [2.05, 4.69) is 10.7 Å². The molecule has 0 bridgehead atoms. The lowest BCUT2D eigenvalue weighted by Crippen LogP contribution is -2.40. The van der Waals surface area contributed by atoms with Crippen LogP contribution in [0.15, 0.2) is 0 Å². The molecule has 0 aromatic carbocycles. The Hall–Kier alpha value is -1.50. The van der Waals surface area contributed by atoms with Crippen LogP contribution in [-0.4, -0.2) is 36.5 Å². The van der Waals surface area contributed by atoms with E-state index in [1.165, 1.54) is 12.0 Å². The Kier molecular flexibility index (Phi) is 6.19. The number of ether oxygens (including phenoxy) is 1. The van der Waals surface area contributed by atoms with Crippen LogP contribution < -0.4 is 0 Å². The third kappa shape index (κ3) is 5.06. The molecule has 4 nitrogen and oxygen atoms in total. The average Bonchev–Trinajstić information content (AvgIpc) is 2.21. The van der Waals surface area contributed by atoms with Gasteiger partial charge >= 0.3 is 5.97 Å². The van der Waals surface area contributed by atoms with E-state index in [9.17, 15) is 9.59 Å². The molecule has 0 spiro atoms. The number of nitrogens with zero attached hydrogens (tertiary/aromatic N) is 1. The van der Waals surface area contributed by atoms with Crippen LogP contribution in [0.5, 0.6) is 0 Å². The van der Waals surface area contributed by atoms with E-state index in [0.717, 1.165) is 0 Å². The summed E-state index contributed by atoms with van der Waals surface area (Å²) in [6, 6.07) is -0.0330. The second-order valence-electron chi connectivity index (χ2n) is 3.40. The van der Waals surface area contributed by atoms with Crippen molar-refractivity contribution in [2.45, 2.75) is 32.7 Å². The molecular weight excluding hydrogens is 194 g/mol. The predicted octanol–water partition coefficient (Wildman–Crippen LogP) is 0.810. The summed E-state index contributed by atoms with van der Waals surface area (Å²) in [6.07, 6.45) is 5.73. The van der Waals surface area contributed by atoms with Crippen LogP contribution in [0.2, 0.25) is 0 Å². The van der Waals surface area contributed by atoms with E-state index in [1.807, 2.05) is 13.8 Å². The fraction of sp³-hybridized carbons (Fsp3) is 0.636. The van der Waals surface area contributed by atoms with E-state index >= 15 is 0 Å². The Morgan fingerprint density at radius 1 is 1.47 bits per heavy atom. The first-order chi connectivity index (χ1) is 7.02. The Balaban J connectivity index is 4.33. The van der Waals surface area contributed by atoms with Crippen molar-refractivity contribution in [3.8, 4) is 12.3 Å². The van der Waals surface area contributed by atoms with Crippen LogP contribution >= 0.6 is 0 Å². The molecule has 4 heteroatoms. The van der Waals surface area contributed by atoms with Gasteiger partial charge in [0.25, 0.3) is 0 Å². The number of rotatable bonds is 5. The standard InChI is InChI=1S/C11H17NO3/c1-5-6-7-10(13)12(9(2)3)8-11(14)15-4/h1,9H,6-8H2,2-4H3. The molecule has 0 radical (unpaired) electrons. The largest absolute Gasteiger partial charge is 0.468 e. The molecule has 0 N–H and O–H groups in total. The number of carbonyl (C=O) groups excluding carboxylic acids is 2. The summed E-state index contributed by atoms with van der Waals surface area (Å²) in [4.78, 5) is 24.1. The van der Waals surface area contributed by atoms with Gasteiger partial charge in [-0.05, 0) is 13.8 Å². The minimum absolute atomic E-state index is 0.0163. The molecule has 0 aliphatic heterocycles. The molecule has 1 amide bonds.